The Balaban J connectivity index is 2.54. The molecule has 3 heteroatoms. The maximum Gasteiger partial charge on any atom is 0.0647 e. The van der Waals surface area contributed by atoms with Crippen molar-refractivity contribution in [3.05, 3.63) is 0 Å². The van der Waals surface area contributed by atoms with Crippen molar-refractivity contribution < 1.29 is 0 Å². The van der Waals surface area contributed by atoms with E-state index in [1.54, 1.807) is 0 Å². The first-order valence-electron chi connectivity index (χ1n) is 1.48. The van der Waals surface area contributed by atoms with Gasteiger partial charge in [0, 0.05) is 6.54 Å². The molecule has 3 nitrogen and oxygen atoms in total. The van der Waals surface area contributed by atoms with E-state index in [2.05, 4.69) is 0 Å². The van der Waals surface area contributed by atoms with Crippen molar-refractivity contribution in [2.24, 2.45) is 17.2 Å². The van der Waals surface area contributed by atoms with Gasteiger partial charge in [-0.25, -0.2) is 0 Å². The molecule has 5 heavy (non-hydrogen) atoms. The van der Waals surface area contributed by atoms with Crippen molar-refractivity contribution >= 4 is 0 Å². The van der Waals surface area contributed by atoms with Gasteiger partial charge < -0.3 is 17.2 Å². The quantitative estimate of drug-likeness (QED) is 0.321. The molecule has 0 rings (SSSR count). The lowest BCUT2D eigenvalue weighted by atomic mass is 10.6. The van der Waals surface area contributed by atoms with Gasteiger partial charge in [0.05, 0.1) is 6.17 Å². The van der Waals surface area contributed by atoms with Gasteiger partial charge in [-0.2, -0.15) is 0 Å². The van der Waals surface area contributed by atoms with Gasteiger partial charge in [-0.05, 0) is 0 Å². The fraction of sp³-hybridized carbons (Fsp3) is 1.00. The molecule has 0 aliphatic carbocycles. The second-order valence-electron chi connectivity index (χ2n) is 0.900. The van der Waals surface area contributed by atoms with Gasteiger partial charge in [0.1, 0.15) is 0 Å². The summed E-state index contributed by atoms with van der Waals surface area (Å²) in [4.78, 5) is 0. The van der Waals surface area contributed by atoms with Gasteiger partial charge >= 0.3 is 0 Å². The zero-order valence-electron chi connectivity index (χ0n) is 3.02. The molecular weight excluding hydrogens is 66.0 g/mol. The fourth-order valence-corrected chi connectivity index (χ4v) is 0. The van der Waals surface area contributed by atoms with E-state index in [9.17, 15) is 0 Å². The number of nitrogens with two attached hydrogens (primary N) is 3. The summed E-state index contributed by atoms with van der Waals surface area (Å²) in [6.45, 7) is 0.361. The SMILES string of the molecule is NCC(N)N. The highest BCUT2D eigenvalue weighted by Gasteiger charge is 1.79. The molecule has 0 amide bonds. The predicted molar refractivity (Wildman–Crippen MR) is 21.2 cm³/mol. The van der Waals surface area contributed by atoms with E-state index in [0.717, 1.165) is 0 Å². The normalized spacial score (nSPS) is 9.60. The van der Waals surface area contributed by atoms with Crippen LogP contribution >= 0.6 is 0 Å². The average molecular weight is 75.1 g/mol. The van der Waals surface area contributed by atoms with Crippen LogP contribution in [0, 0.1) is 0 Å². The molecule has 0 radical (unpaired) electrons. The topological polar surface area (TPSA) is 78.1 Å². The van der Waals surface area contributed by atoms with Crippen LogP contribution in [0.2, 0.25) is 0 Å². The Bertz CT molecular complexity index is 18.9. The highest BCUT2D eigenvalue weighted by molar-refractivity contribution is 4.45. The largest absolute Gasteiger partial charge is 0.328 e. The first-order chi connectivity index (χ1) is 2.27. The smallest absolute Gasteiger partial charge is 0.0647 e. The highest BCUT2D eigenvalue weighted by Crippen LogP contribution is 1.43. The molecule has 0 aliphatic heterocycles. The molecule has 6 N–H and O–H groups in total. The summed E-state index contributed by atoms with van der Waals surface area (Å²) in [6, 6.07) is 0. The summed E-state index contributed by atoms with van der Waals surface area (Å²) in [5, 5.41) is 0. The monoisotopic (exact) mass is 75.1 g/mol. The minimum Gasteiger partial charge on any atom is -0.328 e. The molecule has 0 unspecified atom stereocenters. The maximum absolute atomic E-state index is 4.94. The minimum atomic E-state index is -0.338. The van der Waals surface area contributed by atoms with Crippen LogP contribution in [0.5, 0.6) is 0 Å². The third-order valence-corrected chi connectivity index (χ3v) is 0.272. The second kappa shape index (κ2) is 2.14. The van der Waals surface area contributed by atoms with Crippen LogP contribution in [-0.4, -0.2) is 12.7 Å². The number of hydrogen-bond donors (Lipinski definition) is 3. The van der Waals surface area contributed by atoms with E-state index in [1.807, 2.05) is 0 Å². The Morgan fingerprint density at radius 2 is 1.60 bits per heavy atom. The lowest BCUT2D eigenvalue weighted by Crippen LogP contribution is -2.37. The molecule has 0 aromatic carbocycles. The zero-order chi connectivity index (χ0) is 4.28. The Kier molecular flexibility index (Phi) is 2.09. The molecule has 32 valence electrons. The van der Waals surface area contributed by atoms with Gasteiger partial charge in [-0.3, -0.25) is 0 Å². The summed E-state index contributed by atoms with van der Waals surface area (Å²) in [7, 11) is 0. The number of hydrogen-bond acceptors (Lipinski definition) is 3. The summed E-state index contributed by atoms with van der Waals surface area (Å²) >= 11 is 0. The van der Waals surface area contributed by atoms with Crippen molar-refractivity contribution in [3.63, 3.8) is 0 Å². The summed E-state index contributed by atoms with van der Waals surface area (Å²) < 4.78 is 0. The first-order valence-corrected chi connectivity index (χ1v) is 1.48. The Morgan fingerprint density at radius 3 is 1.60 bits per heavy atom. The Labute approximate surface area is 31.1 Å². The first kappa shape index (κ1) is 4.88. The molecule has 0 aromatic heterocycles. The van der Waals surface area contributed by atoms with Crippen molar-refractivity contribution in [2.45, 2.75) is 6.17 Å². The molecule has 0 saturated heterocycles. The van der Waals surface area contributed by atoms with Crippen LogP contribution in [0.25, 0.3) is 0 Å². The van der Waals surface area contributed by atoms with Crippen LogP contribution in [0.3, 0.4) is 0 Å². The van der Waals surface area contributed by atoms with E-state index in [1.165, 1.54) is 0 Å². The van der Waals surface area contributed by atoms with E-state index < -0.39 is 0 Å². The average Bonchev–Trinajstić information content (AvgIpc) is 1.38. The van der Waals surface area contributed by atoms with Gasteiger partial charge in [-0.1, -0.05) is 0 Å². The lowest BCUT2D eigenvalue weighted by molar-refractivity contribution is 0.718. The van der Waals surface area contributed by atoms with Crippen LogP contribution in [-0.2, 0) is 0 Å². The third kappa shape index (κ3) is 3.88. The maximum atomic E-state index is 4.94. The minimum absolute atomic E-state index is 0.338. The summed E-state index contributed by atoms with van der Waals surface area (Å²) in [5.41, 5.74) is 14.8. The third-order valence-electron chi connectivity index (χ3n) is 0.272. The number of rotatable bonds is 1. The van der Waals surface area contributed by atoms with Crippen molar-refractivity contribution in [1.82, 2.24) is 0 Å². The van der Waals surface area contributed by atoms with Crippen LogP contribution in [0.4, 0.5) is 0 Å². The van der Waals surface area contributed by atoms with E-state index in [0.29, 0.717) is 6.54 Å². The Hall–Kier alpha value is -0.120. The van der Waals surface area contributed by atoms with Gasteiger partial charge in [-0.15, -0.1) is 0 Å². The van der Waals surface area contributed by atoms with Gasteiger partial charge in [0.2, 0.25) is 0 Å². The molecule has 0 aliphatic rings. The van der Waals surface area contributed by atoms with Gasteiger partial charge in [0.15, 0.2) is 0 Å². The standard InChI is InChI=1S/C2H9N3/c3-1-2(4)5/h2H,1,3-5H2. The summed E-state index contributed by atoms with van der Waals surface area (Å²) in [5.74, 6) is 0. The molecule has 0 atom stereocenters. The van der Waals surface area contributed by atoms with E-state index in [-0.39, 0.29) is 6.17 Å². The molecule has 0 fully saturated rings. The van der Waals surface area contributed by atoms with Crippen LogP contribution in [0.15, 0.2) is 0 Å². The Morgan fingerprint density at radius 1 is 1.40 bits per heavy atom. The fourth-order valence-electron chi connectivity index (χ4n) is 0. The molecule has 0 bridgehead atoms. The molecular formula is C2H9N3. The zero-order valence-corrected chi connectivity index (χ0v) is 3.02. The molecule has 0 saturated carbocycles. The van der Waals surface area contributed by atoms with E-state index >= 15 is 0 Å². The molecule has 0 heterocycles. The summed E-state index contributed by atoms with van der Waals surface area (Å²) in [6.07, 6.45) is -0.338. The van der Waals surface area contributed by atoms with E-state index in [4.69, 9.17) is 17.2 Å². The van der Waals surface area contributed by atoms with Crippen molar-refractivity contribution in [1.29, 1.82) is 0 Å². The van der Waals surface area contributed by atoms with Crippen molar-refractivity contribution in [3.8, 4) is 0 Å². The molecule has 0 spiro atoms. The van der Waals surface area contributed by atoms with Gasteiger partial charge in [0.25, 0.3) is 0 Å². The van der Waals surface area contributed by atoms with Crippen molar-refractivity contribution in [2.75, 3.05) is 6.54 Å². The second-order valence-corrected chi connectivity index (χ2v) is 0.900. The lowest BCUT2D eigenvalue weighted by Gasteiger charge is -1.93. The van der Waals surface area contributed by atoms with Crippen LogP contribution in [0.1, 0.15) is 0 Å². The van der Waals surface area contributed by atoms with Crippen LogP contribution < -0.4 is 17.2 Å². The predicted octanol–water partition coefficient (Wildman–Crippen LogP) is -1.81. The molecule has 0 aromatic rings. The highest BCUT2D eigenvalue weighted by atomic mass is 14.9.